The molecule has 0 spiro atoms. The first-order valence-electron chi connectivity index (χ1n) is 6.60. The Morgan fingerprint density at radius 1 is 1.28 bits per heavy atom. The Balaban J connectivity index is 2.62. The second-order valence-electron chi connectivity index (χ2n) is 5.40. The average Bonchev–Trinajstić information content (AvgIpc) is 2.32. The number of benzene rings is 1. The monoisotopic (exact) mass is 381 g/mol. The molecule has 0 radical (unpaired) electrons. The summed E-state index contributed by atoms with van der Waals surface area (Å²) in [5.74, 6) is -4.49. The molecule has 1 aromatic rings. The zero-order chi connectivity index (χ0) is 19.2. The molecule has 2 rings (SSSR count). The summed E-state index contributed by atoms with van der Waals surface area (Å²) < 4.78 is 74.4. The van der Waals surface area contributed by atoms with Crippen LogP contribution in [0, 0.1) is 0 Å². The zero-order valence-electron chi connectivity index (χ0n) is 13.1. The van der Waals surface area contributed by atoms with Crippen LogP contribution in [0.4, 0.5) is 23.7 Å². The Kier molecular flexibility index (Phi) is 4.40. The van der Waals surface area contributed by atoms with Gasteiger partial charge >= 0.3 is 21.6 Å². The van der Waals surface area contributed by atoms with Gasteiger partial charge in [-0.25, -0.2) is 4.79 Å². The highest BCUT2D eigenvalue weighted by molar-refractivity contribution is 7.88. The molecule has 13 heteroatoms. The van der Waals surface area contributed by atoms with Gasteiger partial charge in [-0.2, -0.15) is 21.6 Å². The van der Waals surface area contributed by atoms with Crippen molar-refractivity contribution in [3.05, 3.63) is 17.7 Å². The Bertz CT molecular complexity index is 851. The van der Waals surface area contributed by atoms with Gasteiger partial charge in [-0.05, 0) is 0 Å². The number of carbonyl (C=O) groups is 2. The van der Waals surface area contributed by atoms with Crippen molar-refractivity contribution in [2.45, 2.75) is 25.1 Å². The van der Waals surface area contributed by atoms with Gasteiger partial charge in [0.15, 0.2) is 11.6 Å². The lowest BCUT2D eigenvalue weighted by molar-refractivity contribution is -0.127. The normalized spacial score (nSPS) is 16.3. The number of nitrogens with one attached hydrogen (secondary N) is 1. The number of cyclic esters (lactones) is 1. The van der Waals surface area contributed by atoms with Crippen molar-refractivity contribution < 1.29 is 44.8 Å². The van der Waals surface area contributed by atoms with E-state index in [9.17, 15) is 31.2 Å². The van der Waals surface area contributed by atoms with Crippen LogP contribution in [0.5, 0.6) is 11.5 Å². The standard InChI is InChI=1S/C12H11BF3NO7S/c1-11(2)22-6-3-5(17-10(13)19)4-7(8(6)9(18)23-11)24-25(20,21)12(14,15)16/h3-4H,13H2,1-2H3,(H,17,19). The fourth-order valence-electron chi connectivity index (χ4n) is 1.94. The molecule has 0 atom stereocenters. The van der Waals surface area contributed by atoms with Crippen molar-refractivity contribution in [2.75, 3.05) is 5.32 Å². The van der Waals surface area contributed by atoms with E-state index in [1.165, 1.54) is 13.8 Å². The number of amides is 1. The molecular weight excluding hydrogens is 370 g/mol. The van der Waals surface area contributed by atoms with Crippen molar-refractivity contribution in [2.24, 2.45) is 0 Å². The molecule has 0 bridgehead atoms. The van der Waals surface area contributed by atoms with Crippen LogP contribution in [-0.4, -0.2) is 39.3 Å². The number of fused-ring (bicyclic) bond motifs is 1. The molecule has 25 heavy (non-hydrogen) atoms. The van der Waals surface area contributed by atoms with Crippen LogP contribution in [-0.2, 0) is 14.9 Å². The zero-order valence-corrected chi connectivity index (χ0v) is 13.9. The first-order chi connectivity index (χ1) is 11.2. The number of hydrogen-bond donors (Lipinski definition) is 1. The number of anilines is 1. The summed E-state index contributed by atoms with van der Waals surface area (Å²) >= 11 is 0. The number of ether oxygens (including phenoxy) is 2. The van der Waals surface area contributed by atoms with Crippen LogP contribution in [0.15, 0.2) is 12.1 Å². The van der Waals surface area contributed by atoms with E-state index >= 15 is 0 Å². The van der Waals surface area contributed by atoms with Gasteiger partial charge in [0.1, 0.15) is 11.3 Å². The quantitative estimate of drug-likeness (QED) is 0.365. The molecule has 1 heterocycles. The van der Waals surface area contributed by atoms with Gasteiger partial charge in [0.05, 0.1) is 0 Å². The maximum Gasteiger partial charge on any atom is 0.534 e. The lowest BCUT2D eigenvalue weighted by Gasteiger charge is -2.32. The van der Waals surface area contributed by atoms with Crippen molar-refractivity contribution in [3.63, 3.8) is 0 Å². The van der Waals surface area contributed by atoms with E-state index < -0.39 is 44.5 Å². The molecule has 0 unspecified atom stereocenters. The summed E-state index contributed by atoms with van der Waals surface area (Å²) in [6.07, 6.45) is 0. The highest BCUT2D eigenvalue weighted by Gasteiger charge is 2.49. The molecule has 1 aromatic carbocycles. The van der Waals surface area contributed by atoms with Crippen molar-refractivity contribution in [1.29, 1.82) is 0 Å². The lowest BCUT2D eigenvalue weighted by Crippen LogP contribution is -2.39. The molecule has 1 N–H and O–H groups in total. The number of esters is 1. The van der Waals surface area contributed by atoms with Gasteiger partial charge in [0, 0.05) is 31.7 Å². The van der Waals surface area contributed by atoms with Crippen molar-refractivity contribution in [3.8, 4) is 11.5 Å². The van der Waals surface area contributed by atoms with Gasteiger partial charge < -0.3 is 19.0 Å². The van der Waals surface area contributed by atoms with Gasteiger partial charge in [-0.1, -0.05) is 0 Å². The molecule has 0 aromatic heterocycles. The molecule has 1 aliphatic rings. The van der Waals surface area contributed by atoms with E-state index in [0.29, 0.717) is 0 Å². The molecular formula is C12H11BF3NO7S. The van der Waals surface area contributed by atoms with E-state index in [-0.39, 0.29) is 11.4 Å². The van der Waals surface area contributed by atoms with Gasteiger partial charge in [0.25, 0.3) is 0 Å². The summed E-state index contributed by atoms with van der Waals surface area (Å²) in [6, 6.07) is 1.87. The number of alkyl halides is 3. The first kappa shape index (κ1) is 18.9. The summed E-state index contributed by atoms with van der Waals surface area (Å²) in [5, 5.41) is 2.23. The summed E-state index contributed by atoms with van der Waals surface area (Å²) in [5.41, 5.74) is -6.51. The average molecular weight is 381 g/mol. The maximum absolute atomic E-state index is 12.6. The summed E-state index contributed by atoms with van der Waals surface area (Å²) in [4.78, 5) is 23.2. The van der Waals surface area contributed by atoms with Gasteiger partial charge in [0.2, 0.25) is 13.6 Å². The van der Waals surface area contributed by atoms with Crippen LogP contribution in [0.25, 0.3) is 0 Å². The van der Waals surface area contributed by atoms with E-state index in [4.69, 9.17) is 9.47 Å². The second-order valence-corrected chi connectivity index (χ2v) is 6.94. The van der Waals surface area contributed by atoms with E-state index in [2.05, 4.69) is 9.50 Å². The number of carbonyl (C=O) groups excluding carboxylic acids is 2. The molecule has 0 fully saturated rings. The third kappa shape index (κ3) is 3.98. The third-order valence-electron chi connectivity index (χ3n) is 2.77. The van der Waals surface area contributed by atoms with Crippen LogP contribution >= 0.6 is 0 Å². The first-order valence-corrected chi connectivity index (χ1v) is 8.01. The Morgan fingerprint density at radius 2 is 1.88 bits per heavy atom. The molecule has 136 valence electrons. The van der Waals surface area contributed by atoms with Crippen molar-refractivity contribution in [1.82, 2.24) is 0 Å². The number of rotatable bonds is 3. The Morgan fingerprint density at radius 3 is 2.40 bits per heavy atom. The van der Waals surface area contributed by atoms with Crippen LogP contribution in [0.3, 0.4) is 0 Å². The predicted octanol–water partition coefficient (Wildman–Crippen LogP) is 1.37. The van der Waals surface area contributed by atoms with E-state index in [0.717, 1.165) is 20.0 Å². The largest absolute Gasteiger partial charge is 0.534 e. The molecule has 0 saturated carbocycles. The molecule has 8 nitrogen and oxygen atoms in total. The van der Waals surface area contributed by atoms with Gasteiger partial charge in [-0.3, -0.25) is 4.79 Å². The number of halogens is 3. The highest BCUT2D eigenvalue weighted by atomic mass is 32.2. The lowest BCUT2D eigenvalue weighted by atomic mass is 10.1. The molecule has 0 saturated heterocycles. The summed E-state index contributed by atoms with van der Waals surface area (Å²) in [6.45, 7) is 2.71. The van der Waals surface area contributed by atoms with E-state index in [1.807, 2.05) is 0 Å². The number of hydrogen-bond acceptors (Lipinski definition) is 7. The van der Waals surface area contributed by atoms with Gasteiger partial charge in [-0.15, -0.1) is 0 Å². The third-order valence-corrected chi connectivity index (χ3v) is 3.73. The summed E-state index contributed by atoms with van der Waals surface area (Å²) in [7, 11) is -4.94. The maximum atomic E-state index is 12.6. The minimum atomic E-state index is -6.06. The Hall–Kier alpha value is -2.44. The fraction of sp³-hybridized carbons (Fsp3) is 0.333. The SMILES string of the molecule is BC(=O)Nc1cc2c(c(OS(=O)(=O)C(F)(F)F)c1)C(=O)OC(C)(C)O2. The van der Waals surface area contributed by atoms with Crippen LogP contribution < -0.4 is 14.2 Å². The fourth-order valence-corrected chi connectivity index (χ4v) is 2.40. The topological polar surface area (TPSA) is 108 Å². The molecule has 1 aliphatic heterocycles. The molecule has 0 aliphatic carbocycles. The predicted molar refractivity (Wildman–Crippen MR) is 79.7 cm³/mol. The molecule has 1 amide bonds. The minimum absolute atomic E-state index is 0.135. The van der Waals surface area contributed by atoms with Crippen LogP contribution in [0.1, 0.15) is 24.2 Å². The van der Waals surface area contributed by atoms with E-state index in [1.54, 1.807) is 0 Å². The smallest absolute Gasteiger partial charge is 0.452 e. The second kappa shape index (κ2) is 5.83. The minimum Gasteiger partial charge on any atom is -0.452 e. The van der Waals surface area contributed by atoms with Crippen molar-refractivity contribution >= 4 is 35.4 Å². The Labute approximate surface area is 140 Å². The highest BCUT2D eigenvalue weighted by Crippen LogP contribution is 2.41. The van der Waals surface area contributed by atoms with Crippen LogP contribution in [0.2, 0.25) is 0 Å².